The molecule has 3 rings (SSSR count). The number of hydrogen-bond donors (Lipinski definition) is 1. The van der Waals surface area contributed by atoms with Gasteiger partial charge in [0.2, 0.25) is 0 Å². The van der Waals surface area contributed by atoms with Gasteiger partial charge in [0.15, 0.2) is 0 Å². The van der Waals surface area contributed by atoms with Gasteiger partial charge in [0.05, 0.1) is 0 Å². The van der Waals surface area contributed by atoms with Crippen molar-refractivity contribution in [3.8, 4) is 0 Å². The maximum Gasteiger partial charge on any atom is 0.0332 e. The van der Waals surface area contributed by atoms with E-state index in [1.165, 1.54) is 28.7 Å². The van der Waals surface area contributed by atoms with Crippen molar-refractivity contribution in [2.75, 3.05) is 13.1 Å². The molecular formula is C15H23BrN2S. The molecule has 106 valence electrons. The predicted octanol–water partition coefficient (Wildman–Crippen LogP) is 3.72. The molecule has 2 aliphatic rings. The Balaban J connectivity index is 1.69. The van der Waals surface area contributed by atoms with Gasteiger partial charge in [-0.3, -0.25) is 4.90 Å². The van der Waals surface area contributed by atoms with Crippen molar-refractivity contribution in [3.05, 3.63) is 20.8 Å². The van der Waals surface area contributed by atoms with E-state index in [0.29, 0.717) is 6.04 Å². The number of thiophene rings is 1. The van der Waals surface area contributed by atoms with Crippen LogP contribution in [0.4, 0.5) is 0 Å². The summed E-state index contributed by atoms with van der Waals surface area (Å²) >= 11 is 5.44. The molecule has 1 aliphatic heterocycles. The molecule has 1 aliphatic carbocycles. The van der Waals surface area contributed by atoms with E-state index in [0.717, 1.165) is 31.0 Å². The second-order valence-electron chi connectivity index (χ2n) is 6.32. The average molecular weight is 343 g/mol. The molecule has 1 aromatic rings. The highest BCUT2D eigenvalue weighted by Crippen LogP contribution is 2.35. The van der Waals surface area contributed by atoms with Crippen molar-refractivity contribution in [1.29, 1.82) is 0 Å². The molecule has 1 saturated carbocycles. The summed E-state index contributed by atoms with van der Waals surface area (Å²) in [5.74, 6) is 1.67. The van der Waals surface area contributed by atoms with Crippen LogP contribution in [0.25, 0.3) is 0 Å². The first kappa shape index (κ1) is 14.1. The smallest absolute Gasteiger partial charge is 0.0332 e. The Kier molecular flexibility index (Phi) is 4.32. The molecule has 1 saturated heterocycles. The minimum absolute atomic E-state index is 0.677. The topological polar surface area (TPSA) is 15.3 Å². The quantitative estimate of drug-likeness (QED) is 0.896. The van der Waals surface area contributed by atoms with E-state index in [4.69, 9.17) is 0 Å². The van der Waals surface area contributed by atoms with Crippen molar-refractivity contribution < 1.29 is 0 Å². The SMILES string of the molecule is CC(C)C1CNC(C2CC2)CN1Cc1cc(Br)cs1. The highest BCUT2D eigenvalue weighted by Gasteiger charge is 2.37. The first-order chi connectivity index (χ1) is 9.13. The zero-order valence-electron chi connectivity index (χ0n) is 11.7. The highest BCUT2D eigenvalue weighted by molar-refractivity contribution is 9.10. The molecule has 1 aromatic heterocycles. The summed E-state index contributed by atoms with van der Waals surface area (Å²) in [5.41, 5.74) is 0. The maximum absolute atomic E-state index is 3.79. The molecule has 19 heavy (non-hydrogen) atoms. The third-order valence-corrected chi connectivity index (χ3v) is 6.11. The minimum Gasteiger partial charge on any atom is -0.311 e. The van der Waals surface area contributed by atoms with E-state index in [2.05, 4.69) is 51.4 Å². The second-order valence-corrected chi connectivity index (χ2v) is 8.24. The Morgan fingerprint density at radius 3 is 2.84 bits per heavy atom. The first-order valence-electron chi connectivity index (χ1n) is 7.34. The summed E-state index contributed by atoms with van der Waals surface area (Å²) < 4.78 is 1.22. The van der Waals surface area contributed by atoms with Crippen molar-refractivity contribution in [3.63, 3.8) is 0 Å². The highest BCUT2D eigenvalue weighted by atomic mass is 79.9. The lowest BCUT2D eigenvalue weighted by molar-refractivity contribution is 0.0862. The molecule has 0 amide bonds. The summed E-state index contributed by atoms with van der Waals surface area (Å²) in [6, 6.07) is 3.69. The Morgan fingerprint density at radius 2 is 2.26 bits per heavy atom. The van der Waals surface area contributed by atoms with Crippen LogP contribution in [0.3, 0.4) is 0 Å². The zero-order valence-corrected chi connectivity index (χ0v) is 14.1. The van der Waals surface area contributed by atoms with Gasteiger partial charge in [-0.1, -0.05) is 13.8 Å². The van der Waals surface area contributed by atoms with Crippen LogP contribution < -0.4 is 5.32 Å². The number of piperazine rings is 1. The third kappa shape index (κ3) is 3.41. The van der Waals surface area contributed by atoms with Gasteiger partial charge in [-0.15, -0.1) is 11.3 Å². The van der Waals surface area contributed by atoms with Crippen LogP contribution in [0.1, 0.15) is 31.6 Å². The molecule has 4 heteroatoms. The molecule has 0 radical (unpaired) electrons. The van der Waals surface area contributed by atoms with Crippen molar-refractivity contribution in [2.45, 2.75) is 45.3 Å². The van der Waals surface area contributed by atoms with E-state index in [9.17, 15) is 0 Å². The fraction of sp³-hybridized carbons (Fsp3) is 0.733. The van der Waals surface area contributed by atoms with Gasteiger partial charge >= 0.3 is 0 Å². The number of rotatable bonds is 4. The molecule has 0 spiro atoms. The normalized spacial score (nSPS) is 29.1. The van der Waals surface area contributed by atoms with Crippen molar-refractivity contribution in [2.24, 2.45) is 11.8 Å². The van der Waals surface area contributed by atoms with Crippen LogP contribution in [0.2, 0.25) is 0 Å². The average Bonchev–Trinajstić information content (AvgIpc) is 3.14. The van der Waals surface area contributed by atoms with E-state index in [1.807, 2.05) is 11.3 Å². The third-order valence-electron chi connectivity index (χ3n) is 4.43. The number of nitrogens with zero attached hydrogens (tertiary/aromatic N) is 1. The van der Waals surface area contributed by atoms with Crippen molar-refractivity contribution >= 4 is 27.3 Å². The summed E-state index contributed by atoms with van der Waals surface area (Å²) in [6.45, 7) is 8.20. The summed E-state index contributed by atoms with van der Waals surface area (Å²) in [4.78, 5) is 4.19. The monoisotopic (exact) mass is 342 g/mol. The number of halogens is 1. The fourth-order valence-corrected chi connectivity index (χ4v) is 4.62. The molecule has 1 N–H and O–H groups in total. The Morgan fingerprint density at radius 1 is 1.47 bits per heavy atom. The Hall–Kier alpha value is 0.1000. The van der Waals surface area contributed by atoms with E-state index in [-0.39, 0.29) is 0 Å². The van der Waals surface area contributed by atoms with E-state index >= 15 is 0 Å². The molecule has 2 unspecified atom stereocenters. The van der Waals surface area contributed by atoms with Gasteiger partial charge in [-0.25, -0.2) is 0 Å². The lowest BCUT2D eigenvalue weighted by Gasteiger charge is -2.42. The van der Waals surface area contributed by atoms with E-state index in [1.54, 1.807) is 0 Å². The second kappa shape index (κ2) is 5.84. The maximum atomic E-state index is 3.79. The zero-order chi connectivity index (χ0) is 13.4. The van der Waals surface area contributed by atoms with Gasteiger partial charge in [0.1, 0.15) is 0 Å². The first-order valence-corrected chi connectivity index (χ1v) is 9.01. The van der Waals surface area contributed by atoms with Crippen LogP contribution in [-0.2, 0) is 6.54 Å². The molecule has 2 nitrogen and oxygen atoms in total. The van der Waals surface area contributed by atoms with Gasteiger partial charge in [-0.2, -0.15) is 0 Å². The van der Waals surface area contributed by atoms with Gasteiger partial charge in [0, 0.05) is 46.4 Å². The largest absolute Gasteiger partial charge is 0.311 e. The molecule has 2 atom stereocenters. The van der Waals surface area contributed by atoms with Crippen LogP contribution in [0.15, 0.2) is 15.9 Å². The summed E-state index contributed by atoms with van der Waals surface area (Å²) in [5, 5.41) is 5.98. The summed E-state index contributed by atoms with van der Waals surface area (Å²) in [7, 11) is 0. The van der Waals surface area contributed by atoms with Crippen LogP contribution in [-0.4, -0.2) is 30.1 Å². The lowest BCUT2D eigenvalue weighted by atomic mass is 9.97. The van der Waals surface area contributed by atoms with Crippen LogP contribution in [0, 0.1) is 11.8 Å². The standard InChI is InChI=1S/C15H23BrN2S/c1-10(2)15-6-17-14(11-3-4-11)8-18(15)7-13-5-12(16)9-19-13/h5,9-11,14-15,17H,3-4,6-8H2,1-2H3. The van der Waals surface area contributed by atoms with Crippen molar-refractivity contribution in [1.82, 2.24) is 10.2 Å². The molecule has 2 heterocycles. The van der Waals surface area contributed by atoms with Gasteiger partial charge < -0.3 is 5.32 Å². The molecular weight excluding hydrogens is 320 g/mol. The number of nitrogens with one attached hydrogen (secondary N) is 1. The Labute approximate surface area is 128 Å². The van der Waals surface area contributed by atoms with E-state index < -0.39 is 0 Å². The minimum atomic E-state index is 0.677. The van der Waals surface area contributed by atoms with Gasteiger partial charge in [-0.05, 0) is 46.7 Å². The molecule has 0 aromatic carbocycles. The lowest BCUT2D eigenvalue weighted by Crippen LogP contribution is -2.58. The Bertz CT molecular complexity index is 428. The molecule has 0 bridgehead atoms. The van der Waals surface area contributed by atoms with Crippen LogP contribution >= 0.6 is 27.3 Å². The fourth-order valence-electron chi connectivity index (χ4n) is 3.14. The molecule has 2 fully saturated rings. The summed E-state index contributed by atoms with van der Waals surface area (Å²) in [6.07, 6.45) is 2.87. The predicted molar refractivity (Wildman–Crippen MR) is 85.6 cm³/mol. The van der Waals surface area contributed by atoms with Crippen LogP contribution in [0.5, 0.6) is 0 Å². The number of hydrogen-bond acceptors (Lipinski definition) is 3. The van der Waals surface area contributed by atoms with Gasteiger partial charge in [0.25, 0.3) is 0 Å².